The number of rotatable bonds is 6. The van der Waals surface area contributed by atoms with Crippen molar-refractivity contribution in [3.63, 3.8) is 0 Å². The highest BCUT2D eigenvalue weighted by atomic mass is 16.5. The van der Waals surface area contributed by atoms with Crippen molar-refractivity contribution in [2.24, 2.45) is 7.05 Å². The lowest BCUT2D eigenvalue weighted by Crippen LogP contribution is -2.59. The quantitative estimate of drug-likeness (QED) is 0.480. The molecule has 10 heteroatoms. The van der Waals surface area contributed by atoms with Gasteiger partial charge in [0.1, 0.15) is 11.0 Å². The first-order chi connectivity index (χ1) is 15.4. The third-order valence-electron chi connectivity index (χ3n) is 6.08. The average Bonchev–Trinajstić information content (AvgIpc) is 3.35. The first-order valence-electron chi connectivity index (χ1n) is 10.7. The summed E-state index contributed by atoms with van der Waals surface area (Å²) in [6.45, 7) is 3.93. The van der Waals surface area contributed by atoms with Gasteiger partial charge in [0.05, 0.1) is 12.6 Å². The van der Waals surface area contributed by atoms with Crippen LogP contribution in [-0.4, -0.2) is 54.2 Å². The van der Waals surface area contributed by atoms with E-state index >= 15 is 0 Å². The molecule has 3 heterocycles. The van der Waals surface area contributed by atoms with Crippen LogP contribution in [0, 0.1) is 0 Å². The monoisotopic (exact) mass is 434 g/mol. The van der Waals surface area contributed by atoms with Gasteiger partial charge < -0.3 is 15.4 Å². The molecule has 0 aliphatic heterocycles. The normalized spacial score (nSPS) is 20.3. The summed E-state index contributed by atoms with van der Waals surface area (Å²) in [6.07, 6.45) is 4.03. The molecule has 2 N–H and O–H groups in total. The van der Waals surface area contributed by atoms with E-state index in [9.17, 15) is 4.79 Å². The molecule has 166 valence electrons. The van der Waals surface area contributed by atoms with Gasteiger partial charge in [-0.25, -0.2) is 9.20 Å². The van der Waals surface area contributed by atoms with Crippen LogP contribution in [0.4, 0.5) is 5.95 Å². The number of aryl methyl sites for hydroxylation is 1. The second kappa shape index (κ2) is 7.47. The van der Waals surface area contributed by atoms with Crippen molar-refractivity contribution in [2.75, 3.05) is 12.4 Å². The number of fused-ring (bicyclic) bond motifs is 2. The van der Waals surface area contributed by atoms with Gasteiger partial charge in [-0.05, 0) is 43.5 Å². The minimum atomic E-state index is -0.182. The lowest BCUT2D eigenvalue weighted by molar-refractivity contribution is -0.123. The SMILES string of the molecule is CCC(=O)NC1(C)CC(Nc2nc(OC)c3c(-c4ccc5nnn(C)c5c4)ccn3n2)C1. The predicted octanol–water partition coefficient (Wildman–Crippen LogP) is 2.55. The standard InChI is InChI=1S/C22H26N8O2/c1-5-18(31)25-22(2)11-14(12-22)23-21-24-20(32-4)19-15(8-9-30(19)27-21)13-6-7-16-17(10-13)29(3)28-26-16/h6-10,14H,5,11-12H2,1-4H3,(H,23,27)(H,25,31). The van der Waals surface area contributed by atoms with Gasteiger partial charge in [-0.2, -0.15) is 4.98 Å². The maximum Gasteiger partial charge on any atom is 0.244 e. The number of carbonyl (C=O) groups excluding carboxylic acids is 1. The predicted molar refractivity (Wildman–Crippen MR) is 121 cm³/mol. The van der Waals surface area contributed by atoms with E-state index in [1.807, 2.05) is 38.4 Å². The lowest BCUT2D eigenvalue weighted by atomic mass is 9.74. The van der Waals surface area contributed by atoms with E-state index in [1.165, 1.54) is 0 Å². The molecule has 0 saturated heterocycles. The number of methoxy groups -OCH3 is 1. The largest absolute Gasteiger partial charge is 0.479 e. The minimum Gasteiger partial charge on any atom is -0.479 e. The molecule has 10 nitrogen and oxygen atoms in total. The van der Waals surface area contributed by atoms with Crippen LogP contribution in [0.15, 0.2) is 30.5 Å². The maximum absolute atomic E-state index is 11.7. The summed E-state index contributed by atoms with van der Waals surface area (Å²) in [5.41, 5.74) is 4.38. The van der Waals surface area contributed by atoms with Crippen molar-refractivity contribution < 1.29 is 9.53 Å². The van der Waals surface area contributed by atoms with Crippen molar-refractivity contribution in [2.45, 2.75) is 44.7 Å². The third kappa shape index (κ3) is 3.41. The van der Waals surface area contributed by atoms with Gasteiger partial charge in [0.15, 0.2) is 0 Å². The molecule has 3 aromatic heterocycles. The first kappa shape index (κ1) is 20.2. The zero-order chi connectivity index (χ0) is 22.5. The number of amides is 1. The van der Waals surface area contributed by atoms with E-state index in [2.05, 4.69) is 44.0 Å². The van der Waals surface area contributed by atoms with Gasteiger partial charge in [-0.15, -0.1) is 10.2 Å². The molecule has 0 spiro atoms. The van der Waals surface area contributed by atoms with Crippen molar-refractivity contribution in [1.29, 1.82) is 0 Å². The van der Waals surface area contributed by atoms with Gasteiger partial charge >= 0.3 is 0 Å². The van der Waals surface area contributed by atoms with Crippen LogP contribution in [0.5, 0.6) is 5.88 Å². The average molecular weight is 435 g/mol. The van der Waals surface area contributed by atoms with Crippen molar-refractivity contribution >= 4 is 28.4 Å². The van der Waals surface area contributed by atoms with Crippen LogP contribution >= 0.6 is 0 Å². The van der Waals surface area contributed by atoms with Crippen LogP contribution in [0.25, 0.3) is 27.7 Å². The summed E-state index contributed by atoms with van der Waals surface area (Å²) >= 11 is 0. The second-order valence-electron chi connectivity index (χ2n) is 8.60. The fourth-order valence-corrected chi connectivity index (χ4v) is 4.47. The van der Waals surface area contributed by atoms with Gasteiger partial charge in [-0.3, -0.25) is 4.79 Å². The molecular formula is C22H26N8O2. The lowest BCUT2D eigenvalue weighted by Gasteiger charge is -2.45. The van der Waals surface area contributed by atoms with Crippen molar-refractivity contribution in [3.8, 4) is 17.0 Å². The van der Waals surface area contributed by atoms with Crippen LogP contribution in [-0.2, 0) is 11.8 Å². The molecule has 0 bridgehead atoms. The van der Waals surface area contributed by atoms with E-state index in [0.29, 0.717) is 18.2 Å². The first-order valence-corrected chi connectivity index (χ1v) is 10.7. The second-order valence-corrected chi connectivity index (χ2v) is 8.60. The zero-order valence-electron chi connectivity index (χ0n) is 18.6. The summed E-state index contributed by atoms with van der Waals surface area (Å²) in [7, 11) is 3.48. The highest BCUT2D eigenvalue weighted by Crippen LogP contribution is 2.35. The molecule has 0 unspecified atom stereocenters. The number of anilines is 1. The molecule has 1 aromatic carbocycles. The topological polar surface area (TPSA) is 111 Å². The van der Waals surface area contributed by atoms with Crippen LogP contribution < -0.4 is 15.4 Å². The number of hydrogen-bond donors (Lipinski definition) is 2. The van der Waals surface area contributed by atoms with Crippen LogP contribution in [0.3, 0.4) is 0 Å². The fraction of sp³-hybridized carbons (Fsp3) is 0.409. The summed E-state index contributed by atoms with van der Waals surface area (Å²) in [4.78, 5) is 16.3. The Morgan fingerprint density at radius 1 is 1.31 bits per heavy atom. The van der Waals surface area contributed by atoms with Crippen molar-refractivity contribution in [3.05, 3.63) is 30.5 Å². The maximum atomic E-state index is 11.7. The number of nitrogens with one attached hydrogen (secondary N) is 2. The molecule has 1 aliphatic carbocycles. The molecule has 1 amide bonds. The molecule has 4 aromatic rings. The van der Waals surface area contributed by atoms with E-state index in [1.54, 1.807) is 16.3 Å². The number of carbonyl (C=O) groups is 1. The number of ether oxygens (including phenoxy) is 1. The molecule has 1 fully saturated rings. The Kier molecular flexibility index (Phi) is 4.72. The van der Waals surface area contributed by atoms with Gasteiger partial charge in [0, 0.05) is 36.8 Å². The molecule has 5 rings (SSSR count). The van der Waals surface area contributed by atoms with Gasteiger partial charge in [0.2, 0.25) is 17.7 Å². The molecule has 1 saturated carbocycles. The molecule has 1 aliphatic rings. The number of nitrogens with zero attached hydrogens (tertiary/aromatic N) is 6. The number of benzene rings is 1. The van der Waals surface area contributed by atoms with E-state index in [-0.39, 0.29) is 17.5 Å². The molecule has 32 heavy (non-hydrogen) atoms. The van der Waals surface area contributed by atoms with Crippen LogP contribution in [0.1, 0.15) is 33.1 Å². The van der Waals surface area contributed by atoms with E-state index < -0.39 is 0 Å². The minimum absolute atomic E-state index is 0.0743. The number of aromatic nitrogens is 6. The van der Waals surface area contributed by atoms with Crippen LogP contribution in [0.2, 0.25) is 0 Å². The summed E-state index contributed by atoms with van der Waals surface area (Å²) in [6, 6.07) is 8.21. The Balaban J connectivity index is 1.42. The molecular weight excluding hydrogens is 408 g/mol. The number of hydrogen-bond acceptors (Lipinski definition) is 7. The summed E-state index contributed by atoms with van der Waals surface area (Å²) in [5, 5.41) is 19.3. The zero-order valence-corrected chi connectivity index (χ0v) is 18.6. The van der Waals surface area contributed by atoms with Crippen molar-refractivity contribution in [1.82, 2.24) is 34.9 Å². The highest BCUT2D eigenvalue weighted by molar-refractivity contribution is 5.89. The summed E-state index contributed by atoms with van der Waals surface area (Å²) < 4.78 is 9.16. The van der Waals surface area contributed by atoms with E-state index in [0.717, 1.165) is 40.5 Å². The van der Waals surface area contributed by atoms with E-state index in [4.69, 9.17) is 4.74 Å². The Morgan fingerprint density at radius 2 is 2.12 bits per heavy atom. The van der Waals surface area contributed by atoms with Gasteiger partial charge in [-0.1, -0.05) is 18.2 Å². The third-order valence-corrected chi connectivity index (χ3v) is 6.08. The Bertz CT molecular complexity index is 1320. The van der Waals surface area contributed by atoms with Gasteiger partial charge in [0.25, 0.3) is 0 Å². The Labute approximate surface area is 185 Å². The Hall–Kier alpha value is -3.69. The molecule has 0 atom stereocenters. The smallest absolute Gasteiger partial charge is 0.244 e. The molecule has 0 radical (unpaired) electrons. The highest BCUT2D eigenvalue weighted by Gasteiger charge is 2.41. The summed E-state index contributed by atoms with van der Waals surface area (Å²) in [5.74, 6) is 1.06. The fourth-order valence-electron chi connectivity index (χ4n) is 4.47. The Morgan fingerprint density at radius 3 is 2.88 bits per heavy atom.